The summed E-state index contributed by atoms with van der Waals surface area (Å²) in [6, 6.07) is 9.27. The van der Waals surface area contributed by atoms with Crippen molar-refractivity contribution in [3.63, 3.8) is 0 Å². The third-order valence-corrected chi connectivity index (χ3v) is 4.57. The molecule has 2 rings (SSSR count). The minimum Gasteiger partial charge on any atom is -0.381 e. The van der Waals surface area contributed by atoms with E-state index in [-0.39, 0.29) is 6.54 Å². The number of sulfone groups is 1. The smallest absolute Gasteiger partial charge is 0.381 e. The van der Waals surface area contributed by atoms with Gasteiger partial charge in [-0.15, -0.1) is 0 Å². The highest BCUT2D eigenvalue weighted by Gasteiger charge is 2.30. The summed E-state index contributed by atoms with van der Waals surface area (Å²) in [5.41, 5.74) is -0.0186. The van der Waals surface area contributed by atoms with E-state index in [1.807, 2.05) is 0 Å². The molecule has 0 bridgehead atoms. The van der Waals surface area contributed by atoms with E-state index in [2.05, 4.69) is 5.32 Å². The van der Waals surface area contributed by atoms with E-state index in [4.69, 9.17) is 0 Å². The van der Waals surface area contributed by atoms with Crippen molar-refractivity contribution < 1.29 is 30.4 Å². The zero-order chi connectivity index (χ0) is 18.0. The van der Waals surface area contributed by atoms with Crippen LogP contribution in [0.5, 0.6) is 0 Å². The zero-order valence-electron chi connectivity index (χ0n) is 12.0. The second-order valence-electron chi connectivity index (χ2n) is 4.88. The van der Waals surface area contributed by atoms with Gasteiger partial charge in [-0.3, -0.25) is 0 Å². The SMILES string of the molecule is O=S(=O)(c1ccc(NCc2cccc(C(F)(F)F)c2)cc1)C(F)F. The van der Waals surface area contributed by atoms with Gasteiger partial charge >= 0.3 is 11.9 Å². The number of halogens is 5. The first-order valence-corrected chi connectivity index (χ1v) is 8.17. The second kappa shape index (κ2) is 6.76. The van der Waals surface area contributed by atoms with Gasteiger partial charge in [0.05, 0.1) is 10.5 Å². The lowest BCUT2D eigenvalue weighted by Gasteiger charge is -2.11. The molecule has 0 radical (unpaired) electrons. The lowest BCUT2D eigenvalue weighted by Crippen LogP contribution is -2.11. The van der Waals surface area contributed by atoms with Gasteiger partial charge in [-0.05, 0) is 42.0 Å². The molecule has 1 N–H and O–H groups in total. The summed E-state index contributed by atoms with van der Waals surface area (Å²) in [5.74, 6) is -3.51. The first-order valence-electron chi connectivity index (χ1n) is 6.63. The summed E-state index contributed by atoms with van der Waals surface area (Å²) in [5, 5.41) is 2.80. The summed E-state index contributed by atoms with van der Waals surface area (Å²) >= 11 is 0. The Labute approximate surface area is 135 Å². The Morgan fingerprint density at radius 1 is 1.00 bits per heavy atom. The van der Waals surface area contributed by atoms with Crippen molar-refractivity contribution in [1.29, 1.82) is 0 Å². The standard InChI is InChI=1S/C15H12F5NO2S/c16-14(17)24(22,23)13-6-4-12(5-7-13)21-9-10-2-1-3-11(8-10)15(18,19)20/h1-8,14,21H,9H2. The average molecular weight is 365 g/mol. The Balaban J connectivity index is 2.08. The Morgan fingerprint density at radius 3 is 2.17 bits per heavy atom. The van der Waals surface area contributed by atoms with Gasteiger partial charge in [0.15, 0.2) is 0 Å². The van der Waals surface area contributed by atoms with E-state index in [1.165, 1.54) is 24.3 Å². The highest BCUT2D eigenvalue weighted by Crippen LogP contribution is 2.29. The van der Waals surface area contributed by atoms with Crippen LogP contribution < -0.4 is 5.32 Å². The number of anilines is 1. The van der Waals surface area contributed by atoms with Gasteiger partial charge in [-0.25, -0.2) is 8.42 Å². The molecule has 24 heavy (non-hydrogen) atoms. The van der Waals surface area contributed by atoms with E-state index in [1.54, 1.807) is 0 Å². The third kappa shape index (κ3) is 4.22. The molecule has 3 nitrogen and oxygen atoms in total. The fourth-order valence-corrected chi connectivity index (χ4v) is 2.65. The van der Waals surface area contributed by atoms with Crippen molar-refractivity contribution in [2.45, 2.75) is 23.4 Å². The van der Waals surface area contributed by atoms with Gasteiger partial charge < -0.3 is 5.32 Å². The van der Waals surface area contributed by atoms with E-state index in [0.717, 1.165) is 24.3 Å². The third-order valence-electron chi connectivity index (χ3n) is 3.17. The molecular formula is C15H12F5NO2S. The maximum atomic E-state index is 12.6. The Bertz CT molecular complexity index is 801. The molecule has 0 heterocycles. The number of alkyl halides is 5. The summed E-state index contributed by atoms with van der Waals surface area (Å²) in [6.07, 6.45) is -4.44. The average Bonchev–Trinajstić information content (AvgIpc) is 2.52. The molecular weight excluding hydrogens is 353 g/mol. The molecule has 9 heteroatoms. The molecule has 0 aromatic heterocycles. The van der Waals surface area contributed by atoms with Crippen molar-refractivity contribution >= 4 is 15.5 Å². The van der Waals surface area contributed by atoms with Gasteiger partial charge in [-0.1, -0.05) is 12.1 Å². The van der Waals surface area contributed by atoms with Crippen LogP contribution in [0.3, 0.4) is 0 Å². The molecule has 0 aliphatic heterocycles. The van der Waals surface area contributed by atoms with Crippen molar-refractivity contribution in [2.24, 2.45) is 0 Å². The van der Waals surface area contributed by atoms with Crippen molar-refractivity contribution in [2.75, 3.05) is 5.32 Å². The number of rotatable bonds is 5. The lowest BCUT2D eigenvalue weighted by molar-refractivity contribution is -0.137. The minimum absolute atomic E-state index is 0.0604. The zero-order valence-corrected chi connectivity index (χ0v) is 12.8. The van der Waals surface area contributed by atoms with Crippen LogP contribution in [-0.2, 0) is 22.6 Å². The van der Waals surface area contributed by atoms with Crippen LogP contribution in [0.2, 0.25) is 0 Å². The van der Waals surface area contributed by atoms with Crippen molar-refractivity contribution in [3.05, 3.63) is 59.7 Å². The number of benzene rings is 2. The fraction of sp³-hybridized carbons (Fsp3) is 0.200. The Hall–Kier alpha value is -2.16. The monoisotopic (exact) mass is 365 g/mol. The molecule has 0 aliphatic rings. The minimum atomic E-state index is -4.67. The second-order valence-corrected chi connectivity index (χ2v) is 6.80. The molecule has 2 aromatic rings. The van der Waals surface area contributed by atoms with E-state index in [9.17, 15) is 30.4 Å². The molecule has 0 saturated heterocycles. The first-order chi connectivity index (χ1) is 11.1. The van der Waals surface area contributed by atoms with Crippen molar-refractivity contribution in [3.8, 4) is 0 Å². The van der Waals surface area contributed by atoms with Gasteiger partial charge in [0.25, 0.3) is 0 Å². The molecule has 0 fully saturated rings. The molecule has 0 unspecified atom stereocenters. The van der Waals surface area contributed by atoms with Crippen LogP contribution in [0.15, 0.2) is 53.4 Å². The van der Waals surface area contributed by atoms with E-state index in [0.29, 0.717) is 11.3 Å². The maximum absolute atomic E-state index is 12.6. The van der Waals surface area contributed by atoms with Crippen LogP contribution in [0.1, 0.15) is 11.1 Å². The molecule has 0 aliphatic carbocycles. The van der Waals surface area contributed by atoms with Gasteiger partial charge in [0.2, 0.25) is 9.84 Å². The van der Waals surface area contributed by atoms with Crippen molar-refractivity contribution in [1.82, 2.24) is 0 Å². The summed E-state index contributed by atoms with van der Waals surface area (Å²) in [6.45, 7) is 0.0604. The maximum Gasteiger partial charge on any atom is 0.416 e. The fourth-order valence-electron chi connectivity index (χ4n) is 1.93. The lowest BCUT2D eigenvalue weighted by atomic mass is 10.1. The van der Waals surface area contributed by atoms with Gasteiger partial charge in [0, 0.05) is 12.2 Å². The van der Waals surface area contributed by atoms with Crippen LogP contribution >= 0.6 is 0 Å². The van der Waals surface area contributed by atoms with Crippen LogP contribution in [0, 0.1) is 0 Å². The van der Waals surface area contributed by atoms with Gasteiger partial charge in [0.1, 0.15) is 0 Å². The first kappa shape index (κ1) is 18.2. The van der Waals surface area contributed by atoms with Crippen LogP contribution in [0.25, 0.3) is 0 Å². The predicted molar refractivity (Wildman–Crippen MR) is 78.4 cm³/mol. The predicted octanol–water partition coefficient (Wildman–Crippen LogP) is 4.31. The molecule has 0 amide bonds. The molecule has 130 valence electrons. The largest absolute Gasteiger partial charge is 0.416 e. The van der Waals surface area contributed by atoms with E-state index >= 15 is 0 Å². The Kier molecular flexibility index (Phi) is 5.12. The highest BCUT2D eigenvalue weighted by atomic mass is 32.2. The quantitative estimate of drug-likeness (QED) is 0.803. The van der Waals surface area contributed by atoms with Crippen LogP contribution in [0.4, 0.5) is 27.6 Å². The summed E-state index contributed by atoms with van der Waals surface area (Å²) in [4.78, 5) is -0.526. The van der Waals surface area contributed by atoms with Crippen LogP contribution in [-0.4, -0.2) is 14.2 Å². The summed E-state index contributed by atoms with van der Waals surface area (Å²) in [7, 11) is -4.67. The number of hydrogen-bond donors (Lipinski definition) is 1. The Morgan fingerprint density at radius 2 is 1.62 bits per heavy atom. The molecule has 0 saturated carbocycles. The van der Waals surface area contributed by atoms with E-state index < -0.39 is 32.2 Å². The normalized spacial score (nSPS) is 12.4. The topological polar surface area (TPSA) is 46.2 Å². The number of nitrogens with one attached hydrogen (secondary N) is 1. The molecule has 0 atom stereocenters. The highest BCUT2D eigenvalue weighted by molar-refractivity contribution is 7.91. The number of hydrogen-bond acceptors (Lipinski definition) is 3. The summed E-state index contributed by atoms with van der Waals surface area (Å²) < 4.78 is 85.2. The van der Waals surface area contributed by atoms with Gasteiger partial charge in [-0.2, -0.15) is 22.0 Å². The molecule has 2 aromatic carbocycles. The molecule has 0 spiro atoms.